The zero-order valence-corrected chi connectivity index (χ0v) is 11.6. The number of aryl methyl sites for hydroxylation is 1. The van der Waals surface area contributed by atoms with E-state index in [1.165, 1.54) is 0 Å². The van der Waals surface area contributed by atoms with Crippen molar-refractivity contribution in [3.63, 3.8) is 0 Å². The van der Waals surface area contributed by atoms with Gasteiger partial charge < -0.3 is 14.8 Å². The maximum absolute atomic E-state index is 11.4. The minimum Gasteiger partial charge on any atom is -0.493 e. The number of benzene rings is 1. The van der Waals surface area contributed by atoms with E-state index in [1.807, 2.05) is 25.1 Å². The highest BCUT2D eigenvalue weighted by molar-refractivity contribution is 5.76. The fraction of sp³-hybridized carbons (Fsp3) is 0.400. The first kappa shape index (κ1) is 15.1. The van der Waals surface area contributed by atoms with Crippen molar-refractivity contribution in [1.82, 2.24) is 5.32 Å². The molecule has 0 spiro atoms. The van der Waals surface area contributed by atoms with Gasteiger partial charge in [-0.1, -0.05) is 18.7 Å². The van der Waals surface area contributed by atoms with Gasteiger partial charge in [-0.25, -0.2) is 0 Å². The van der Waals surface area contributed by atoms with E-state index in [0.29, 0.717) is 37.5 Å². The van der Waals surface area contributed by atoms with Crippen LogP contribution in [0.25, 0.3) is 0 Å². The van der Waals surface area contributed by atoms with Gasteiger partial charge in [0.1, 0.15) is 6.61 Å². The molecule has 19 heavy (non-hydrogen) atoms. The summed E-state index contributed by atoms with van der Waals surface area (Å²) in [6.45, 7) is 6.62. The average molecular weight is 263 g/mol. The number of rotatable bonds is 8. The molecule has 4 heteroatoms. The molecule has 0 aliphatic carbocycles. The summed E-state index contributed by atoms with van der Waals surface area (Å²) in [7, 11) is 1.60. The first-order valence-electron chi connectivity index (χ1n) is 6.38. The summed E-state index contributed by atoms with van der Waals surface area (Å²) in [5.74, 6) is 1.42. The lowest BCUT2D eigenvalue weighted by atomic mass is 10.1. The predicted molar refractivity (Wildman–Crippen MR) is 75.7 cm³/mol. The first-order chi connectivity index (χ1) is 9.21. The Morgan fingerprint density at radius 1 is 1.42 bits per heavy atom. The summed E-state index contributed by atoms with van der Waals surface area (Å²) in [5.41, 5.74) is 1.05. The second-order valence-corrected chi connectivity index (χ2v) is 4.04. The smallest absolute Gasteiger partial charge is 0.220 e. The number of amides is 1. The molecule has 0 aliphatic heterocycles. The molecule has 0 heterocycles. The van der Waals surface area contributed by atoms with Crippen molar-refractivity contribution < 1.29 is 14.3 Å². The zero-order valence-electron chi connectivity index (χ0n) is 11.6. The predicted octanol–water partition coefficient (Wildman–Crippen LogP) is 2.33. The van der Waals surface area contributed by atoms with Crippen LogP contribution in [0, 0.1) is 0 Å². The molecular formula is C15H21NO3. The van der Waals surface area contributed by atoms with Crippen LogP contribution in [0.15, 0.2) is 30.9 Å². The Hall–Kier alpha value is -1.97. The molecule has 0 fully saturated rings. The van der Waals surface area contributed by atoms with Gasteiger partial charge in [-0.2, -0.15) is 0 Å². The maximum atomic E-state index is 11.4. The lowest BCUT2D eigenvalue weighted by Crippen LogP contribution is -2.22. The molecule has 0 saturated heterocycles. The van der Waals surface area contributed by atoms with Crippen LogP contribution in [0.5, 0.6) is 11.5 Å². The quantitative estimate of drug-likeness (QED) is 0.732. The van der Waals surface area contributed by atoms with Crippen LogP contribution >= 0.6 is 0 Å². The van der Waals surface area contributed by atoms with Gasteiger partial charge in [0, 0.05) is 13.0 Å². The van der Waals surface area contributed by atoms with Gasteiger partial charge >= 0.3 is 0 Å². The van der Waals surface area contributed by atoms with Crippen LogP contribution in [0.1, 0.15) is 18.9 Å². The molecule has 0 radical (unpaired) electrons. The highest BCUT2D eigenvalue weighted by Gasteiger charge is 2.07. The highest BCUT2D eigenvalue weighted by atomic mass is 16.5. The first-order valence-corrected chi connectivity index (χ1v) is 6.38. The highest BCUT2D eigenvalue weighted by Crippen LogP contribution is 2.28. The topological polar surface area (TPSA) is 47.6 Å². The van der Waals surface area contributed by atoms with Crippen LogP contribution in [0.4, 0.5) is 0 Å². The lowest BCUT2D eigenvalue weighted by Gasteiger charge is -2.11. The standard InChI is InChI=1S/C15H21NO3/c1-4-10-19-13-8-6-12(11-14(13)18-3)7-9-15(17)16-5-2/h4,6,8,11H,1,5,7,9-10H2,2-3H3,(H,16,17). The lowest BCUT2D eigenvalue weighted by molar-refractivity contribution is -0.120. The van der Waals surface area contributed by atoms with E-state index in [1.54, 1.807) is 13.2 Å². The van der Waals surface area contributed by atoms with Crippen LogP contribution in [-0.2, 0) is 11.2 Å². The van der Waals surface area contributed by atoms with Crippen molar-refractivity contribution in [2.75, 3.05) is 20.3 Å². The monoisotopic (exact) mass is 263 g/mol. The molecule has 1 aromatic carbocycles. The molecule has 0 atom stereocenters. The van der Waals surface area contributed by atoms with Crippen LogP contribution in [-0.4, -0.2) is 26.2 Å². The van der Waals surface area contributed by atoms with E-state index < -0.39 is 0 Å². The second kappa shape index (κ2) is 8.19. The third-order valence-electron chi connectivity index (χ3n) is 2.60. The van der Waals surface area contributed by atoms with Gasteiger partial charge in [-0.3, -0.25) is 4.79 Å². The van der Waals surface area contributed by atoms with E-state index in [2.05, 4.69) is 11.9 Å². The average Bonchev–Trinajstić information content (AvgIpc) is 2.43. The molecule has 1 aromatic rings. The SMILES string of the molecule is C=CCOc1ccc(CCC(=O)NCC)cc1OC. The van der Waals surface area contributed by atoms with E-state index in [9.17, 15) is 4.79 Å². The number of hydrogen-bond acceptors (Lipinski definition) is 3. The zero-order chi connectivity index (χ0) is 14.1. The van der Waals surface area contributed by atoms with Crippen molar-refractivity contribution in [3.8, 4) is 11.5 Å². The van der Waals surface area contributed by atoms with Gasteiger partial charge in [-0.15, -0.1) is 0 Å². The summed E-state index contributed by atoms with van der Waals surface area (Å²) in [6, 6.07) is 5.70. The van der Waals surface area contributed by atoms with Crippen molar-refractivity contribution in [2.24, 2.45) is 0 Å². The molecular weight excluding hydrogens is 242 g/mol. The molecule has 1 amide bonds. The third-order valence-corrected chi connectivity index (χ3v) is 2.60. The number of carbonyl (C=O) groups excluding carboxylic acids is 1. The van der Waals surface area contributed by atoms with Gasteiger partial charge in [0.05, 0.1) is 7.11 Å². The maximum Gasteiger partial charge on any atom is 0.220 e. The Bertz CT molecular complexity index is 429. The Labute approximate surface area is 114 Å². The Morgan fingerprint density at radius 3 is 2.84 bits per heavy atom. The molecule has 0 aromatic heterocycles. The summed E-state index contributed by atoms with van der Waals surface area (Å²) in [5, 5.41) is 2.78. The van der Waals surface area contributed by atoms with E-state index in [0.717, 1.165) is 5.56 Å². The number of hydrogen-bond donors (Lipinski definition) is 1. The Kier molecular flexibility index (Phi) is 6.50. The van der Waals surface area contributed by atoms with Crippen LogP contribution in [0.2, 0.25) is 0 Å². The van der Waals surface area contributed by atoms with Crippen molar-refractivity contribution in [3.05, 3.63) is 36.4 Å². The van der Waals surface area contributed by atoms with Gasteiger partial charge in [-0.05, 0) is 31.0 Å². The van der Waals surface area contributed by atoms with Crippen molar-refractivity contribution in [2.45, 2.75) is 19.8 Å². The van der Waals surface area contributed by atoms with Crippen LogP contribution < -0.4 is 14.8 Å². The Balaban J connectivity index is 2.65. The number of methoxy groups -OCH3 is 1. The largest absolute Gasteiger partial charge is 0.493 e. The molecule has 1 N–H and O–H groups in total. The number of carbonyl (C=O) groups is 1. The molecule has 1 rings (SSSR count). The molecule has 104 valence electrons. The normalized spacial score (nSPS) is 9.79. The van der Waals surface area contributed by atoms with Gasteiger partial charge in [0.2, 0.25) is 5.91 Å². The summed E-state index contributed by atoms with van der Waals surface area (Å²) >= 11 is 0. The van der Waals surface area contributed by atoms with Gasteiger partial charge in [0.25, 0.3) is 0 Å². The van der Waals surface area contributed by atoms with Crippen molar-refractivity contribution in [1.29, 1.82) is 0 Å². The molecule has 0 aliphatic rings. The van der Waals surface area contributed by atoms with E-state index in [4.69, 9.17) is 9.47 Å². The molecule has 0 unspecified atom stereocenters. The molecule has 4 nitrogen and oxygen atoms in total. The van der Waals surface area contributed by atoms with E-state index in [-0.39, 0.29) is 5.91 Å². The van der Waals surface area contributed by atoms with E-state index >= 15 is 0 Å². The number of ether oxygens (including phenoxy) is 2. The second-order valence-electron chi connectivity index (χ2n) is 4.04. The fourth-order valence-electron chi connectivity index (χ4n) is 1.68. The fourth-order valence-corrected chi connectivity index (χ4v) is 1.68. The minimum absolute atomic E-state index is 0.0634. The van der Waals surface area contributed by atoms with Crippen molar-refractivity contribution >= 4 is 5.91 Å². The Morgan fingerprint density at radius 2 is 2.21 bits per heavy atom. The summed E-state index contributed by atoms with van der Waals surface area (Å²) in [4.78, 5) is 11.4. The van der Waals surface area contributed by atoms with Crippen LogP contribution in [0.3, 0.4) is 0 Å². The summed E-state index contributed by atoms with van der Waals surface area (Å²) < 4.78 is 10.8. The number of nitrogens with one attached hydrogen (secondary N) is 1. The third kappa shape index (κ3) is 5.04. The molecule has 0 saturated carbocycles. The van der Waals surface area contributed by atoms with Gasteiger partial charge in [0.15, 0.2) is 11.5 Å². The molecule has 0 bridgehead atoms. The minimum atomic E-state index is 0.0634. The summed E-state index contributed by atoms with van der Waals surface area (Å²) in [6.07, 6.45) is 2.84.